The predicted molar refractivity (Wildman–Crippen MR) is 111 cm³/mol. The summed E-state index contributed by atoms with van der Waals surface area (Å²) in [6.45, 7) is 6.20. The zero-order valence-corrected chi connectivity index (χ0v) is 17.6. The van der Waals surface area contributed by atoms with Crippen LogP contribution >= 0.6 is 11.3 Å². The topological polar surface area (TPSA) is 118 Å². The molecule has 0 aromatic carbocycles. The van der Waals surface area contributed by atoms with Crippen LogP contribution in [0.2, 0.25) is 0 Å². The molecular weight excluding hydrogens is 390 g/mol. The molecule has 9 nitrogen and oxygen atoms in total. The van der Waals surface area contributed by atoms with Crippen LogP contribution < -0.4 is 10.6 Å². The Balaban J connectivity index is 1.88. The number of fused-ring (bicyclic) bond motifs is 3. The van der Waals surface area contributed by atoms with Gasteiger partial charge in [-0.1, -0.05) is 13.8 Å². The third-order valence-electron chi connectivity index (χ3n) is 4.94. The number of hydrogen-bond donors (Lipinski definition) is 3. The molecule has 0 spiro atoms. The van der Waals surface area contributed by atoms with E-state index in [1.165, 1.54) is 11.3 Å². The molecular formula is C19H23N7O2S. The van der Waals surface area contributed by atoms with Crippen molar-refractivity contribution >= 4 is 28.3 Å². The van der Waals surface area contributed by atoms with Gasteiger partial charge in [0.1, 0.15) is 0 Å². The lowest BCUT2D eigenvalue weighted by molar-refractivity contribution is 0.101. The van der Waals surface area contributed by atoms with Crippen LogP contribution in [-0.2, 0) is 18.4 Å². The van der Waals surface area contributed by atoms with Crippen LogP contribution in [0.3, 0.4) is 0 Å². The summed E-state index contributed by atoms with van der Waals surface area (Å²) in [5, 5.41) is 22.4. The van der Waals surface area contributed by atoms with Crippen molar-refractivity contribution in [2.24, 2.45) is 0 Å². The molecule has 0 saturated heterocycles. The van der Waals surface area contributed by atoms with Gasteiger partial charge < -0.3 is 10.4 Å². The number of nitrogens with one attached hydrogen (secondary N) is 2. The smallest absolute Gasteiger partial charge is 0.278 e. The monoisotopic (exact) mass is 413 g/mol. The maximum absolute atomic E-state index is 13.1. The zero-order chi connectivity index (χ0) is 20.8. The first-order valence-corrected chi connectivity index (χ1v) is 10.2. The summed E-state index contributed by atoms with van der Waals surface area (Å²) in [5.41, 5.74) is 4.14. The van der Waals surface area contributed by atoms with E-state index < -0.39 is 0 Å². The number of hydrogen-bond acceptors (Lipinski definition) is 8. The van der Waals surface area contributed by atoms with Gasteiger partial charge in [0.15, 0.2) is 10.8 Å². The summed E-state index contributed by atoms with van der Waals surface area (Å²) in [6, 6.07) is 0. The maximum atomic E-state index is 13.1. The Morgan fingerprint density at radius 2 is 2.17 bits per heavy atom. The van der Waals surface area contributed by atoms with Crippen LogP contribution in [0.25, 0.3) is 11.4 Å². The van der Waals surface area contributed by atoms with Crippen molar-refractivity contribution in [3.63, 3.8) is 0 Å². The summed E-state index contributed by atoms with van der Waals surface area (Å²) >= 11 is 1.37. The highest BCUT2D eigenvalue weighted by atomic mass is 32.1. The molecule has 3 heterocycles. The lowest BCUT2D eigenvalue weighted by Crippen LogP contribution is -2.29. The van der Waals surface area contributed by atoms with Crippen LogP contribution in [0.15, 0.2) is 11.6 Å². The molecule has 0 radical (unpaired) electrons. The Morgan fingerprint density at radius 3 is 2.83 bits per heavy atom. The van der Waals surface area contributed by atoms with E-state index in [9.17, 15) is 9.90 Å². The fourth-order valence-electron chi connectivity index (χ4n) is 3.75. The standard InChI is InChI=1S/C19H23N7O2S/c1-10-9-29-18(22-10)24-16(28)14-12-15(26(25-14)5-6-27)13-11(7-19(12,2)3)8-21-17(20-4)23-13/h8-9,27H,5-7H2,1-4H3,(H,20,21,23)(H,22,24,28). The van der Waals surface area contributed by atoms with Crippen LogP contribution in [0.5, 0.6) is 0 Å². The number of anilines is 2. The van der Waals surface area contributed by atoms with E-state index in [1.54, 1.807) is 11.7 Å². The Hall–Kier alpha value is -2.85. The molecule has 0 fully saturated rings. The fraction of sp³-hybridized carbons (Fsp3) is 0.421. The lowest BCUT2D eigenvalue weighted by atomic mass is 9.73. The highest BCUT2D eigenvalue weighted by Crippen LogP contribution is 2.44. The van der Waals surface area contributed by atoms with Gasteiger partial charge in [0, 0.05) is 24.2 Å². The molecule has 0 atom stereocenters. The molecule has 1 aliphatic rings. The summed E-state index contributed by atoms with van der Waals surface area (Å²) in [7, 11) is 1.76. The highest BCUT2D eigenvalue weighted by Gasteiger charge is 2.40. The Morgan fingerprint density at radius 1 is 1.38 bits per heavy atom. The fourth-order valence-corrected chi connectivity index (χ4v) is 4.44. The summed E-state index contributed by atoms with van der Waals surface area (Å²) in [4.78, 5) is 26.4. The molecule has 1 amide bonds. The molecule has 3 N–H and O–H groups in total. The molecule has 10 heteroatoms. The molecule has 0 unspecified atom stereocenters. The minimum atomic E-state index is -0.355. The van der Waals surface area contributed by atoms with E-state index in [2.05, 4.69) is 44.5 Å². The number of aliphatic hydroxyl groups excluding tert-OH is 1. The van der Waals surface area contributed by atoms with Gasteiger partial charge in [-0.3, -0.25) is 14.8 Å². The van der Waals surface area contributed by atoms with Crippen molar-refractivity contribution in [1.29, 1.82) is 0 Å². The molecule has 0 bridgehead atoms. The van der Waals surface area contributed by atoms with Gasteiger partial charge in [0.25, 0.3) is 5.91 Å². The zero-order valence-electron chi connectivity index (χ0n) is 16.8. The molecule has 0 saturated carbocycles. The van der Waals surface area contributed by atoms with Gasteiger partial charge in [0.2, 0.25) is 5.95 Å². The maximum Gasteiger partial charge on any atom is 0.278 e. The summed E-state index contributed by atoms with van der Waals surface area (Å²) in [6.07, 6.45) is 2.49. The predicted octanol–water partition coefficient (Wildman–Crippen LogP) is 2.23. The second-order valence-corrected chi connectivity index (χ2v) is 8.50. The SMILES string of the molecule is CNc1ncc2c(n1)-c1c(c(C(=O)Nc3nc(C)cs3)nn1CCO)C(C)(C)C2. The first-order valence-electron chi connectivity index (χ1n) is 9.33. The minimum absolute atomic E-state index is 0.0966. The Bertz CT molecular complexity index is 1090. The van der Waals surface area contributed by atoms with Gasteiger partial charge in [-0.25, -0.2) is 15.0 Å². The van der Waals surface area contributed by atoms with E-state index in [1.807, 2.05) is 18.5 Å². The number of thiazole rings is 1. The number of amides is 1. The Kier molecular flexibility index (Phi) is 4.83. The van der Waals surface area contributed by atoms with Crippen molar-refractivity contribution in [3.8, 4) is 11.4 Å². The van der Waals surface area contributed by atoms with Gasteiger partial charge in [0.05, 0.1) is 30.2 Å². The van der Waals surface area contributed by atoms with Crippen LogP contribution in [0, 0.1) is 6.92 Å². The normalized spacial score (nSPS) is 14.2. The number of aromatic nitrogens is 5. The van der Waals surface area contributed by atoms with Crippen molar-refractivity contribution in [2.45, 2.75) is 39.2 Å². The van der Waals surface area contributed by atoms with Crippen LogP contribution in [0.1, 0.15) is 41.2 Å². The minimum Gasteiger partial charge on any atom is -0.394 e. The molecule has 0 aliphatic heterocycles. The first-order chi connectivity index (χ1) is 13.8. The van der Waals surface area contributed by atoms with E-state index in [-0.39, 0.29) is 24.5 Å². The quantitative estimate of drug-likeness (QED) is 0.587. The average molecular weight is 414 g/mol. The van der Waals surface area contributed by atoms with Crippen LogP contribution in [0.4, 0.5) is 11.1 Å². The second-order valence-electron chi connectivity index (χ2n) is 7.65. The van der Waals surface area contributed by atoms with Crippen molar-refractivity contribution in [3.05, 3.63) is 34.1 Å². The van der Waals surface area contributed by atoms with Crippen molar-refractivity contribution in [2.75, 3.05) is 24.3 Å². The molecule has 4 rings (SSSR count). The molecule has 1 aliphatic carbocycles. The van der Waals surface area contributed by atoms with E-state index in [0.29, 0.717) is 23.2 Å². The molecule has 29 heavy (non-hydrogen) atoms. The Labute approximate surface area is 172 Å². The number of rotatable bonds is 5. The van der Waals surface area contributed by atoms with E-state index in [0.717, 1.165) is 28.2 Å². The largest absolute Gasteiger partial charge is 0.394 e. The highest BCUT2D eigenvalue weighted by molar-refractivity contribution is 7.13. The van der Waals surface area contributed by atoms with E-state index >= 15 is 0 Å². The van der Waals surface area contributed by atoms with Gasteiger partial charge in [-0.2, -0.15) is 5.10 Å². The summed E-state index contributed by atoms with van der Waals surface area (Å²) in [5.74, 6) is 0.183. The molecule has 152 valence electrons. The van der Waals surface area contributed by atoms with Gasteiger partial charge in [-0.15, -0.1) is 11.3 Å². The van der Waals surface area contributed by atoms with Gasteiger partial charge in [-0.05, 0) is 24.3 Å². The third-order valence-corrected chi connectivity index (χ3v) is 5.82. The number of carbonyl (C=O) groups is 1. The van der Waals surface area contributed by atoms with Crippen molar-refractivity contribution < 1.29 is 9.90 Å². The molecule has 3 aromatic heterocycles. The lowest BCUT2D eigenvalue weighted by Gasteiger charge is -2.31. The van der Waals surface area contributed by atoms with Gasteiger partial charge >= 0.3 is 0 Å². The average Bonchev–Trinajstić information content (AvgIpc) is 3.26. The number of nitrogens with zero attached hydrogens (tertiary/aromatic N) is 5. The van der Waals surface area contributed by atoms with Crippen LogP contribution in [-0.4, -0.2) is 49.4 Å². The molecule has 3 aromatic rings. The summed E-state index contributed by atoms with van der Waals surface area (Å²) < 4.78 is 1.67. The second kappa shape index (κ2) is 7.20. The first kappa shape index (κ1) is 19.5. The number of aliphatic hydroxyl groups is 1. The third kappa shape index (κ3) is 3.38. The van der Waals surface area contributed by atoms with E-state index in [4.69, 9.17) is 0 Å². The number of carbonyl (C=O) groups excluding carboxylic acids is 1. The van der Waals surface area contributed by atoms with Crippen molar-refractivity contribution in [1.82, 2.24) is 24.7 Å². The number of aryl methyl sites for hydroxylation is 1.